The summed E-state index contributed by atoms with van der Waals surface area (Å²) in [5.74, 6) is 0.497. The first-order chi connectivity index (χ1) is 25.2. The minimum absolute atomic E-state index is 0.0564. The van der Waals surface area contributed by atoms with Crippen LogP contribution in [0.4, 0.5) is 0 Å². The number of pyridine rings is 2. The van der Waals surface area contributed by atoms with Crippen molar-refractivity contribution in [2.75, 3.05) is 20.2 Å². The fourth-order valence-corrected chi connectivity index (χ4v) is 7.61. The van der Waals surface area contributed by atoms with Gasteiger partial charge in [-0.05, 0) is 36.6 Å². The lowest BCUT2D eigenvalue weighted by molar-refractivity contribution is -0.120. The van der Waals surface area contributed by atoms with Crippen molar-refractivity contribution in [1.29, 1.82) is 0 Å². The molecule has 2 aliphatic rings. The van der Waals surface area contributed by atoms with Crippen LogP contribution in [0.1, 0.15) is 36.8 Å². The number of ether oxygens (including phenoxy) is 1. The molecule has 14 heteroatoms. The SMILES string of the molecule is COc1nc(-c2cccc(-c3cccc(-c4ccn5c(=O)c(CNC[C@@H]6CCC(=O)N6)cnc5c4)c3Cl)c2Cl)cc(Cl)c1CNC[C@H]1CCC(=O)N1. The summed E-state index contributed by atoms with van der Waals surface area (Å²) < 4.78 is 7.15. The number of carbonyl (C=O) groups excluding carboxylic acids is 2. The summed E-state index contributed by atoms with van der Waals surface area (Å²) in [6.07, 6.45) is 5.93. The number of aromatic nitrogens is 3. The Labute approximate surface area is 315 Å². The average Bonchev–Trinajstić information content (AvgIpc) is 3.76. The van der Waals surface area contributed by atoms with Gasteiger partial charge in [0.15, 0.2) is 0 Å². The van der Waals surface area contributed by atoms with E-state index < -0.39 is 0 Å². The van der Waals surface area contributed by atoms with Crippen molar-refractivity contribution < 1.29 is 14.3 Å². The van der Waals surface area contributed by atoms with E-state index in [0.717, 1.165) is 24.0 Å². The number of hydrogen-bond donors (Lipinski definition) is 4. The number of rotatable bonds is 12. The summed E-state index contributed by atoms with van der Waals surface area (Å²) in [6.45, 7) is 1.95. The van der Waals surface area contributed by atoms with E-state index in [2.05, 4.69) is 26.3 Å². The molecule has 0 bridgehead atoms. The highest BCUT2D eigenvalue weighted by Gasteiger charge is 2.23. The fraction of sp³-hybridized carbons (Fsp3) is 0.289. The summed E-state index contributed by atoms with van der Waals surface area (Å²) in [4.78, 5) is 45.6. The topological polar surface area (TPSA) is 139 Å². The minimum atomic E-state index is -0.170. The molecule has 0 unspecified atom stereocenters. The normalized spacial score (nSPS) is 17.1. The zero-order chi connectivity index (χ0) is 36.4. The largest absolute Gasteiger partial charge is 0.481 e. The number of nitrogens with one attached hydrogen (secondary N) is 4. The lowest BCUT2D eigenvalue weighted by Gasteiger charge is -2.17. The first-order valence-electron chi connectivity index (χ1n) is 17.0. The van der Waals surface area contributed by atoms with Crippen LogP contribution in [0.5, 0.6) is 5.88 Å². The van der Waals surface area contributed by atoms with Crippen molar-refractivity contribution in [2.45, 2.75) is 50.9 Å². The molecule has 5 aromatic rings. The van der Waals surface area contributed by atoms with Gasteiger partial charge in [-0.2, -0.15) is 0 Å². The molecule has 268 valence electrons. The standard InChI is InChI=1S/C38H36Cl3N7O4/c1-52-37-29(20-43-19-24-9-11-34(50)46-24)30(39)15-31(47-37)28-7-3-6-27(36(28)41)26-5-2-4-25(35(26)40)21-12-13-48-32(14-21)44-17-22(38(48)51)16-42-18-23-8-10-33(49)45-23/h2-7,12-15,17,23-24,42-43H,8-11,16,18-20H2,1H3,(H,45,49)(H,46,50)/t23-,24+/m0/s1. The van der Waals surface area contributed by atoms with Gasteiger partial charge in [0.1, 0.15) is 5.65 Å². The Hall–Kier alpha value is -4.52. The van der Waals surface area contributed by atoms with Crippen molar-refractivity contribution in [3.05, 3.63) is 104 Å². The Balaban J connectivity index is 1.12. The second kappa shape index (κ2) is 15.6. The zero-order valence-corrected chi connectivity index (χ0v) is 30.5. The Morgan fingerprint density at radius 3 is 2.08 bits per heavy atom. The number of amides is 2. The molecule has 2 amide bonds. The van der Waals surface area contributed by atoms with Gasteiger partial charge in [-0.3, -0.25) is 18.8 Å². The fourth-order valence-electron chi connectivity index (χ4n) is 6.70. The van der Waals surface area contributed by atoms with Gasteiger partial charge in [0.05, 0.1) is 27.9 Å². The van der Waals surface area contributed by atoms with Crippen molar-refractivity contribution in [1.82, 2.24) is 35.6 Å². The Morgan fingerprint density at radius 2 is 1.44 bits per heavy atom. The third-order valence-corrected chi connectivity index (χ3v) is 10.6. The van der Waals surface area contributed by atoms with Crippen LogP contribution in [-0.2, 0) is 22.7 Å². The molecule has 2 atom stereocenters. The number of nitrogens with zero attached hydrogens (tertiary/aromatic N) is 3. The van der Waals surface area contributed by atoms with E-state index in [1.165, 1.54) is 4.40 Å². The first kappa shape index (κ1) is 35.9. The maximum absolute atomic E-state index is 13.3. The van der Waals surface area contributed by atoms with Gasteiger partial charge >= 0.3 is 0 Å². The lowest BCUT2D eigenvalue weighted by Crippen LogP contribution is -2.36. The smallest absolute Gasteiger partial charge is 0.262 e. The van der Waals surface area contributed by atoms with Crippen LogP contribution in [0.15, 0.2) is 71.8 Å². The summed E-state index contributed by atoms with van der Waals surface area (Å²) in [7, 11) is 1.54. The molecule has 2 fully saturated rings. The van der Waals surface area contributed by atoms with E-state index in [4.69, 9.17) is 44.5 Å². The van der Waals surface area contributed by atoms with Crippen LogP contribution >= 0.6 is 34.8 Å². The van der Waals surface area contributed by atoms with Gasteiger partial charge in [-0.25, -0.2) is 9.97 Å². The van der Waals surface area contributed by atoms with Gasteiger partial charge < -0.3 is 26.0 Å². The van der Waals surface area contributed by atoms with Crippen LogP contribution < -0.4 is 31.6 Å². The molecule has 2 saturated heterocycles. The van der Waals surface area contributed by atoms with Crippen LogP contribution in [0.3, 0.4) is 0 Å². The molecular formula is C38H36Cl3N7O4. The van der Waals surface area contributed by atoms with Gasteiger partial charge in [0.2, 0.25) is 17.7 Å². The second-order valence-electron chi connectivity index (χ2n) is 12.9. The average molecular weight is 761 g/mol. The third kappa shape index (κ3) is 7.51. The first-order valence-corrected chi connectivity index (χ1v) is 18.2. The predicted octanol–water partition coefficient (Wildman–Crippen LogP) is 5.80. The number of halogens is 3. The molecule has 0 radical (unpaired) electrons. The van der Waals surface area contributed by atoms with E-state index in [1.54, 1.807) is 25.6 Å². The molecule has 4 N–H and O–H groups in total. The molecule has 11 nitrogen and oxygen atoms in total. The zero-order valence-electron chi connectivity index (χ0n) is 28.3. The number of carbonyl (C=O) groups is 2. The highest BCUT2D eigenvalue weighted by Crippen LogP contribution is 2.43. The summed E-state index contributed by atoms with van der Waals surface area (Å²) in [5, 5.41) is 13.9. The van der Waals surface area contributed by atoms with Crippen molar-refractivity contribution >= 4 is 52.3 Å². The molecule has 3 aromatic heterocycles. The Morgan fingerprint density at radius 1 is 0.827 bits per heavy atom. The highest BCUT2D eigenvalue weighted by molar-refractivity contribution is 6.39. The van der Waals surface area contributed by atoms with Crippen LogP contribution in [0.2, 0.25) is 15.1 Å². The molecule has 7 rings (SSSR count). The van der Waals surface area contributed by atoms with Gasteiger partial charge in [-0.15, -0.1) is 0 Å². The number of benzene rings is 2. The second-order valence-corrected chi connectivity index (χ2v) is 14.1. The van der Waals surface area contributed by atoms with Crippen LogP contribution in [-0.4, -0.2) is 58.5 Å². The monoisotopic (exact) mass is 759 g/mol. The maximum Gasteiger partial charge on any atom is 0.262 e. The van der Waals surface area contributed by atoms with Crippen molar-refractivity contribution in [2.24, 2.45) is 0 Å². The predicted molar refractivity (Wildman–Crippen MR) is 203 cm³/mol. The quantitative estimate of drug-likeness (QED) is 0.125. The molecule has 0 saturated carbocycles. The van der Waals surface area contributed by atoms with Crippen molar-refractivity contribution in [3.8, 4) is 39.4 Å². The van der Waals surface area contributed by atoms with E-state index in [-0.39, 0.29) is 29.5 Å². The highest BCUT2D eigenvalue weighted by atomic mass is 35.5. The number of hydrogen-bond acceptors (Lipinski definition) is 8. The molecule has 2 aliphatic heterocycles. The van der Waals surface area contributed by atoms with E-state index in [9.17, 15) is 14.4 Å². The maximum atomic E-state index is 13.3. The third-order valence-electron chi connectivity index (χ3n) is 9.45. The lowest BCUT2D eigenvalue weighted by atomic mass is 9.97. The summed E-state index contributed by atoms with van der Waals surface area (Å²) >= 11 is 21.0. The molecule has 0 aliphatic carbocycles. The van der Waals surface area contributed by atoms with Gasteiger partial charge in [-0.1, -0.05) is 71.2 Å². The summed E-state index contributed by atoms with van der Waals surface area (Å²) in [5.41, 5.74) is 5.69. The van der Waals surface area contributed by atoms with Gasteiger partial charge in [0.25, 0.3) is 5.56 Å². The molecule has 2 aromatic carbocycles. The van der Waals surface area contributed by atoms with Crippen molar-refractivity contribution in [3.63, 3.8) is 0 Å². The molecular weight excluding hydrogens is 725 g/mol. The molecule has 5 heterocycles. The van der Waals surface area contributed by atoms with Crippen LogP contribution in [0, 0.1) is 0 Å². The Bertz CT molecular complexity index is 2250. The van der Waals surface area contributed by atoms with E-state index in [1.807, 2.05) is 48.5 Å². The number of methoxy groups -OCH3 is 1. The molecule has 0 spiro atoms. The van der Waals surface area contributed by atoms with E-state index >= 15 is 0 Å². The van der Waals surface area contributed by atoms with Gasteiger partial charge in [0, 0.05) is 96.9 Å². The molecule has 52 heavy (non-hydrogen) atoms. The number of fused-ring (bicyclic) bond motifs is 1. The Kier molecular flexibility index (Phi) is 10.8. The summed E-state index contributed by atoms with van der Waals surface area (Å²) in [6, 6.07) is 16.9. The van der Waals surface area contributed by atoms with Crippen LogP contribution in [0.25, 0.3) is 39.2 Å². The van der Waals surface area contributed by atoms with E-state index in [0.29, 0.717) is 99.1 Å². The minimum Gasteiger partial charge on any atom is -0.481 e.